The van der Waals surface area contributed by atoms with E-state index in [0.717, 1.165) is 13.2 Å². The molecule has 1 aromatic rings. The number of nitrogens with one attached hydrogen (secondary N) is 1. The lowest BCUT2D eigenvalue weighted by atomic mass is 10.4. The summed E-state index contributed by atoms with van der Waals surface area (Å²) in [4.78, 5) is 16.8. The molecule has 16 heavy (non-hydrogen) atoms. The molecule has 0 radical (unpaired) electrons. The highest BCUT2D eigenvalue weighted by Crippen LogP contribution is 2.14. The second-order valence-corrected chi connectivity index (χ2v) is 4.59. The molecule has 0 aliphatic heterocycles. The van der Waals surface area contributed by atoms with Crippen molar-refractivity contribution in [2.75, 3.05) is 7.11 Å². The summed E-state index contributed by atoms with van der Waals surface area (Å²) in [5.41, 5.74) is -0.0843. The summed E-state index contributed by atoms with van der Waals surface area (Å²) < 4.78 is 24.3. The van der Waals surface area contributed by atoms with Gasteiger partial charge in [-0.2, -0.15) is 0 Å². The topological polar surface area (TPSA) is 97.6 Å². The third-order valence-electron chi connectivity index (χ3n) is 1.93. The third kappa shape index (κ3) is 2.40. The molecule has 1 aromatic heterocycles. The zero-order chi connectivity index (χ0) is 12.3. The third-order valence-corrected chi connectivity index (χ3v) is 3.16. The van der Waals surface area contributed by atoms with Crippen LogP contribution in [0.1, 0.15) is 17.4 Å². The smallest absolute Gasteiger partial charge is 0.352 e. The average molecular weight is 248 g/mol. The molecule has 0 fully saturated rings. The van der Waals surface area contributed by atoms with Crippen LogP contribution < -0.4 is 4.89 Å². The Morgan fingerprint density at radius 3 is 2.62 bits per heavy atom. The van der Waals surface area contributed by atoms with Gasteiger partial charge < -0.3 is 9.67 Å². The largest absolute Gasteiger partial charge is 0.477 e. The molecule has 0 atom stereocenters. The number of carbonyl (C=O) groups is 1. The van der Waals surface area contributed by atoms with Crippen molar-refractivity contribution in [3.63, 3.8) is 0 Å². The van der Waals surface area contributed by atoms with Crippen LogP contribution in [0.5, 0.6) is 0 Å². The van der Waals surface area contributed by atoms with Gasteiger partial charge in [-0.15, -0.1) is 0 Å². The molecule has 7 nitrogen and oxygen atoms in total. The van der Waals surface area contributed by atoms with Gasteiger partial charge in [0.1, 0.15) is 10.6 Å². The molecule has 0 unspecified atom stereocenters. The van der Waals surface area contributed by atoms with Gasteiger partial charge in [-0.25, -0.2) is 13.2 Å². The zero-order valence-corrected chi connectivity index (χ0v) is 9.61. The number of aromatic carboxylic acids is 1. The Morgan fingerprint density at radius 2 is 2.25 bits per heavy atom. The molecule has 8 heteroatoms. The summed E-state index contributed by atoms with van der Waals surface area (Å²) in [6.07, 6.45) is 1.24. The number of hydrogen-bond donors (Lipinski definition) is 2. The number of carboxylic acid groups (broad SMARTS) is 1. The molecule has 0 bridgehead atoms. The van der Waals surface area contributed by atoms with Crippen LogP contribution in [0.3, 0.4) is 0 Å². The normalized spacial score (nSPS) is 11.6. The van der Waals surface area contributed by atoms with Crippen molar-refractivity contribution in [2.24, 2.45) is 0 Å². The first-order valence-electron chi connectivity index (χ1n) is 4.40. The molecule has 1 rings (SSSR count). The predicted octanol–water partition coefficient (Wildman–Crippen LogP) is 0.0459. The first-order valence-corrected chi connectivity index (χ1v) is 5.89. The van der Waals surface area contributed by atoms with E-state index in [4.69, 9.17) is 5.11 Å². The SMILES string of the molecule is CCn1cc(S(=O)(=O)NOC)cc1C(=O)O. The Balaban J connectivity index is 3.23. The van der Waals surface area contributed by atoms with Crippen molar-refractivity contribution in [1.82, 2.24) is 9.45 Å². The number of nitrogens with zero attached hydrogens (tertiary/aromatic N) is 1. The molecule has 90 valence electrons. The maximum Gasteiger partial charge on any atom is 0.352 e. The van der Waals surface area contributed by atoms with Crippen molar-refractivity contribution >= 4 is 16.0 Å². The molecule has 0 saturated heterocycles. The number of hydrogen-bond acceptors (Lipinski definition) is 4. The van der Waals surface area contributed by atoms with Crippen LogP contribution in [-0.4, -0.2) is 31.2 Å². The Labute approximate surface area is 92.6 Å². The van der Waals surface area contributed by atoms with E-state index in [9.17, 15) is 13.2 Å². The molecular weight excluding hydrogens is 236 g/mol. The summed E-state index contributed by atoms with van der Waals surface area (Å²) in [7, 11) is -2.65. The van der Waals surface area contributed by atoms with E-state index in [1.807, 2.05) is 4.89 Å². The monoisotopic (exact) mass is 248 g/mol. The quantitative estimate of drug-likeness (QED) is 0.717. The summed E-state index contributed by atoms with van der Waals surface area (Å²) in [6.45, 7) is 2.08. The number of aromatic nitrogens is 1. The van der Waals surface area contributed by atoms with Gasteiger partial charge in [0.25, 0.3) is 10.0 Å². The van der Waals surface area contributed by atoms with E-state index >= 15 is 0 Å². The van der Waals surface area contributed by atoms with Gasteiger partial charge in [0.2, 0.25) is 0 Å². The van der Waals surface area contributed by atoms with Gasteiger partial charge in [0.15, 0.2) is 0 Å². The minimum absolute atomic E-state index is 0.0843. The van der Waals surface area contributed by atoms with E-state index in [1.54, 1.807) is 6.92 Å². The first-order chi connectivity index (χ1) is 7.42. The highest BCUT2D eigenvalue weighted by atomic mass is 32.2. The van der Waals surface area contributed by atoms with Crippen LogP contribution in [0.15, 0.2) is 17.2 Å². The lowest BCUT2D eigenvalue weighted by Crippen LogP contribution is -2.21. The van der Waals surface area contributed by atoms with Crippen LogP contribution in [0.2, 0.25) is 0 Å². The lowest BCUT2D eigenvalue weighted by Gasteiger charge is -2.00. The highest BCUT2D eigenvalue weighted by molar-refractivity contribution is 7.89. The van der Waals surface area contributed by atoms with Crippen molar-refractivity contribution in [2.45, 2.75) is 18.4 Å². The second kappa shape index (κ2) is 4.64. The standard InChI is InChI=1S/C8H12N2O5S/c1-3-10-5-6(4-7(10)8(11)12)16(13,14)9-15-2/h4-5,9H,3H2,1-2H3,(H,11,12). The minimum atomic E-state index is -3.81. The van der Waals surface area contributed by atoms with Gasteiger partial charge in [0, 0.05) is 12.7 Å². The van der Waals surface area contributed by atoms with E-state index in [2.05, 4.69) is 4.84 Å². The number of rotatable bonds is 5. The lowest BCUT2D eigenvalue weighted by molar-refractivity contribution is 0.0685. The maximum atomic E-state index is 11.5. The van der Waals surface area contributed by atoms with Crippen LogP contribution in [-0.2, 0) is 21.4 Å². The molecule has 0 aromatic carbocycles. The second-order valence-electron chi connectivity index (χ2n) is 2.94. The highest BCUT2D eigenvalue weighted by Gasteiger charge is 2.20. The van der Waals surface area contributed by atoms with E-state index < -0.39 is 16.0 Å². The molecular formula is C8H12N2O5S. The Hall–Kier alpha value is -1.38. The fourth-order valence-corrected chi connectivity index (χ4v) is 2.08. The summed E-state index contributed by atoms with van der Waals surface area (Å²) in [6, 6.07) is 1.08. The Bertz CT molecular complexity index is 491. The van der Waals surface area contributed by atoms with Crippen molar-refractivity contribution in [3.8, 4) is 0 Å². The molecule has 0 saturated carbocycles. The van der Waals surface area contributed by atoms with Gasteiger partial charge in [0.05, 0.1) is 7.11 Å². The molecule has 0 spiro atoms. The molecule has 0 aliphatic rings. The molecule has 0 aliphatic carbocycles. The van der Waals surface area contributed by atoms with Crippen LogP contribution in [0.25, 0.3) is 0 Å². The number of carboxylic acids is 1. The average Bonchev–Trinajstić information content (AvgIpc) is 2.61. The molecule has 1 heterocycles. The fourth-order valence-electron chi connectivity index (χ4n) is 1.23. The van der Waals surface area contributed by atoms with E-state index in [0.29, 0.717) is 6.54 Å². The number of sulfonamides is 1. The van der Waals surface area contributed by atoms with Gasteiger partial charge in [-0.3, -0.25) is 4.84 Å². The first kappa shape index (κ1) is 12.7. The fraction of sp³-hybridized carbons (Fsp3) is 0.375. The minimum Gasteiger partial charge on any atom is -0.477 e. The van der Waals surface area contributed by atoms with Crippen LogP contribution in [0.4, 0.5) is 0 Å². The zero-order valence-electron chi connectivity index (χ0n) is 8.80. The van der Waals surface area contributed by atoms with Gasteiger partial charge in [-0.05, 0) is 13.0 Å². The molecule has 0 amide bonds. The maximum absolute atomic E-state index is 11.5. The number of aryl methyl sites for hydroxylation is 1. The van der Waals surface area contributed by atoms with Crippen molar-refractivity contribution in [3.05, 3.63) is 18.0 Å². The Morgan fingerprint density at radius 1 is 1.62 bits per heavy atom. The predicted molar refractivity (Wildman–Crippen MR) is 54.4 cm³/mol. The summed E-state index contributed by atoms with van der Waals surface area (Å²) in [5, 5.41) is 8.84. The molecule has 2 N–H and O–H groups in total. The van der Waals surface area contributed by atoms with E-state index in [1.165, 1.54) is 10.8 Å². The van der Waals surface area contributed by atoms with Gasteiger partial charge in [-0.1, -0.05) is 4.89 Å². The van der Waals surface area contributed by atoms with E-state index in [-0.39, 0.29) is 10.6 Å². The Kier molecular flexibility index (Phi) is 3.68. The van der Waals surface area contributed by atoms with Crippen molar-refractivity contribution in [1.29, 1.82) is 0 Å². The van der Waals surface area contributed by atoms with Gasteiger partial charge >= 0.3 is 5.97 Å². The summed E-state index contributed by atoms with van der Waals surface area (Å²) in [5.74, 6) is -1.18. The van der Waals surface area contributed by atoms with Crippen LogP contribution in [0, 0.1) is 0 Å². The van der Waals surface area contributed by atoms with Crippen LogP contribution >= 0.6 is 0 Å². The summed E-state index contributed by atoms with van der Waals surface area (Å²) >= 11 is 0. The van der Waals surface area contributed by atoms with Crippen molar-refractivity contribution < 1.29 is 23.2 Å².